The molecule has 2 unspecified atom stereocenters. The third kappa shape index (κ3) is 5.09. The van der Waals surface area contributed by atoms with Crippen molar-refractivity contribution in [1.82, 2.24) is 9.80 Å². The number of halogens is 1. The molecular formula is C16H26BrN3O. The lowest BCUT2D eigenvalue weighted by molar-refractivity contribution is -0.130. The molecule has 0 saturated carbocycles. The number of amides is 1. The minimum absolute atomic E-state index is 0.00536. The maximum Gasteiger partial charge on any atom is 0.236 e. The largest absolute Gasteiger partial charge is 0.348 e. The molecule has 0 aliphatic carbocycles. The van der Waals surface area contributed by atoms with Gasteiger partial charge in [-0.2, -0.15) is 0 Å². The number of rotatable bonds is 7. The van der Waals surface area contributed by atoms with Gasteiger partial charge in [-0.25, -0.2) is 0 Å². The molecule has 0 radical (unpaired) electrons. The molecular weight excluding hydrogens is 330 g/mol. The van der Waals surface area contributed by atoms with Gasteiger partial charge in [0.25, 0.3) is 0 Å². The molecule has 2 atom stereocenters. The highest BCUT2D eigenvalue weighted by Crippen LogP contribution is 2.27. The van der Waals surface area contributed by atoms with E-state index in [1.165, 1.54) is 0 Å². The molecule has 0 spiro atoms. The Bertz CT molecular complexity index is 465. The van der Waals surface area contributed by atoms with E-state index in [4.69, 9.17) is 5.73 Å². The summed E-state index contributed by atoms with van der Waals surface area (Å²) >= 11 is 3.51. The fourth-order valence-electron chi connectivity index (χ4n) is 2.36. The molecule has 1 rings (SSSR count). The second-order valence-electron chi connectivity index (χ2n) is 5.42. The first-order valence-corrected chi connectivity index (χ1v) is 8.15. The minimum Gasteiger partial charge on any atom is -0.348 e. The molecule has 1 aromatic carbocycles. The quantitative estimate of drug-likeness (QED) is 0.817. The van der Waals surface area contributed by atoms with Crippen molar-refractivity contribution in [3.8, 4) is 0 Å². The molecule has 0 aliphatic heterocycles. The molecule has 118 valence electrons. The van der Waals surface area contributed by atoms with Gasteiger partial charge in [0.2, 0.25) is 5.91 Å². The van der Waals surface area contributed by atoms with Gasteiger partial charge in [0.1, 0.15) is 0 Å². The molecule has 0 aromatic heterocycles. The molecule has 4 nitrogen and oxygen atoms in total. The zero-order valence-electron chi connectivity index (χ0n) is 13.3. The number of carbonyl (C=O) groups excluding carboxylic acids is 1. The van der Waals surface area contributed by atoms with Crippen molar-refractivity contribution >= 4 is 21.8 Å². The molecule has 0 bridgehead atoms. The summed E-state index contributed by atoms with van der Waals surface area (Å²) in [4.78, 5) is 15.8. The summed E-state index contributed by atoms with van der Waals surface area (Å²) < 4.78 is 1.03. The van der Waals surface area contributed by atoms with Gasteiger partial charge in [-0.1, -0.05) is 41.9 Å². The van der Waals surface area contributed by atoms with Crippen LogP contribution >= 0.6 is 15.9 Å². The fourth-order valence-corrected chi connectivity index (χ4v) is 2.78. The average molecular weight is 356 g/mol. The zero-order valence-corrected chi connectivity index (χ0v) is 14.9. The highest BCUT2D eigenvalue weighted by Gasteiger charge is 2.26. The average Bonchev–Trinajstić information content (AvgIpc) is 2.45. The predicted molar refractivity (Wildman–Crippen MR) is 91.1 cm³/mol. The van der Waals surface area contributed by atoms with Crippen molar-refractivity contribution in [2.75, 3.05) is 27.2 Å². The Morgan fingerprint density at radius 3 is 2.48 bits per heavy atom. The number of carbonyl (C=O) groups is 1. The predicted octanol–water partition coefficient (Wildman–Crippen LogP) is 2.64. The van der Waals surface area contributed by atoms with E-state index in [2.05, 4.69) is 46.8 Å². The Morgan fingerprint density at radius 1 is 1.33 bits per heavy atom. The van der Waals surface area contributed by atoms with Gasteiger partial charge in [-0.3, -0.25) is 9.69 Å². The lowest BCUT2D eigenvalue weighted by atomic mass is 9.96. The van der Waals surface area contributed by atoms with Crippen LogP contribution in [0.3, 0.4) is 0 Å². The third-order valence-corrected chi connectivity index (χ3v) is 4.20. The molecule has 0 aliphatic rings. The van der Waals surface area contributed by atoms with Gasteiger partial charge < -0.3 is 10.6 Å². The fraction of sp³-hybridized carbons (Fsp3) is 0.562. The Hall–Kier alpha value is -0.910. The molecule has 2 N–H and O–H groups in total. The number of nitrogens with zero attached hydrogens (tertiary/aromatic N) is 2. The second kappa shape index (κ2) is 8.51. The molecule has 21 heavy (non-hydrogen) atoms. The molecule has 0 heterocycles. The Labute approximate surface area is 136 Å². The van der Waals surface area contributed by atoms with Crippen molar-refractivity contribution < 1.29 is 4.79 Å². The number of likely N-dealkylation sites (N-methyl/N-ethyl adjacent to an activating group) is 2. The summed E-state index contributed by atoms with van der Waals surface area (Å²) in [5.74, 6) is 0.0974. The van der Waals surface area contributed by atoms with E-state index >= 15 is 0 Å². The van der Waals surface area contributed by atoms with E-state index in [1.807, 2.05) is 12.1 Å². The number of hydrogen-bond donors (Lipinski definition) is 1. The van der Waals surface area contributed by atoms with Gasteiger partial charge in [-0.15, -0.1) is 0 Å². The van der Waals surface area contributed by atoms with Crippen LogP contribution in [-0.2, 0) is 4.79 Å². The smallest absolute Gasteiger partial charge is 0.236 e. The summed E-state index contributed by atoms with van der Waals surface area (Å²) in [6.07, 6.45) is 0.865. The van der Waals surface area contributed by atoms with E-state index in [1.54, 1.807) is 19.0 Å². The van der Waals surface area contributed by atoms with Crippen LogP contribution in [-0.4, -0.2) is 48.9 Å². The second-order valence-corrected chi connectivity index (χ2v) is 6.34. The monoisotopic (exact) mass is 355 g/mol. The first-order valence-electron chi connectivity index (χ1n) is 7.35. The van der Waals surface area contributed by atoms with Gasteiger partial charge >= 0.3 is 0 Å². The zero-order chi connectivity index (χ0) is 16.0. The summed E-state index contributed by atoms with van der Waals surface area (Å²) in [6.45, 7) is 5.31. The Morgan fingerprint density at radius 2 is 2.00 bits per heavy atom. The summed E-state index contributed by atoms with van der Waals surface area (Å²) in [5, 5.41) is 0. The third-order valence-electron chi connectivity index (χ3n) is 3.70. The van der Waals surface area contributed by atoms with Gasteiger partial charge in [0.15, 0.2) is 0 Å². The summed E-state index contributed by atoms with van der Waals surface area (Å²) in [7, 11) is 3.56. The normalized spacial score (nSPS) is 14.0. The van der Waals surface area contributed by atoms with E-state index in [-0.39, 0.29) is 18.0 Å². The van der Waals surface area contributed by atoms with Crippen molar-refractivity contribution in [3.05, 3.63) is 34.3 Å². The molecule has 5 heteroatoms. The van der Waals surface area contributed by atoms with Crippen LogP contribution in [0, 0.1) is 0 Å². The standard InChI is InChI=1S/C16H26BrN3O/c1-5-14(18)16(12-8-7-9-13(17)10-12)20(6-2)11-15(21)19(3)4/h7-10,14,16H,5-6,11,18H2,1-4H3. The van der Waals surface area contributed by atoms with Crippen LogP contribution in [0.5, 0.6) is 0 Å². The van der Waals surface area contributed by atoms with Crippen LogP contribution in [0.2, 0.25) is 0 Å². The van der Waals surface area contributed by atoms with Crippen LogP contribution in [0.25, 0.3) is 0 Å². The first kappa shape index (κ1) is 18.1. The number of benzene rings is 1. The van der Waals surface area contributed by atoms with Crippen LogP contribution in [0.1, 0.15) is 31.9 Å². The van der Waals surface area contributed by atoms with Crippen LogP contribution in [0.4, 0.5) is 0 Å². The lowest BCUT2D eigenvalue weighted by Crippen LogP contribution is -2.45. The SMILES string of the molecule is CCC(N)C(c1cccc(Br)c1)N(CC)CC(=O)N(C)C. The Kier molecular flexibility index (Phi) is 7.35. The van der Waals surface area contributed by atoms with Crippen molar-refractivity contribution in [1.29, 1.82) is 0 Å². The van der Waals surface area contributed by atoms with Crippen molar-refractivity contribution in [3.63, 3.8) is 0 Å². The van der Waals surface area contributed by atoms with E-state index in [9.17, 15) is 4.79 Å². The Balaban J connectivity index is 3.07. The summed E-state index contributed by atoms with van der Waals surface area (Å²) in [6, 6.07) is 8.21. The molecule has 0 fully saturated rings. The van der Waals surface area contributed by atoms with Crippen molar-refractivity contribution in [2.24, 2.45) is 5.73 Å². The van der Waals surface area contributed by atoms with E-state index < -0.39 is 0 Å². The first-order chi connectivity index (χ1) is 9.90. The highest BCUT2D eigenvalue weighted by molar-refractivity contribution is 9.10. The maximum absolute atomic E-state index is 12.1. The topological polar surface area (TPSA) is 49.6 Å². The van der Waals surface area contributed by atoms with Crippen molar-refractivity contribution in [2.45, 2.75) is 32.4 Å². The van der Waals surface area contributed by atoms with Crippen LogP contribution < -0.4 is 5.73 Å². The number of nitrogens with two attached hydrogens (primary N) is 1. The van der Waals surface area contributed by atoms with Gasteiger partial charge in [0.05, 0.1) is 12.6 Å². The molecule has 1 aromatic rings. The van der Waals surface area contributed by atoms with Gasteiger partial charge in [-0.05, 0) is 30.7 Å². The van der Waals surface area contributed by atoms with Crippen LogP contribution in [0.15, 0.2) is 28.7 Å². The highest BCUT2D eigenvalue weighted by atomic mass is 79.9. The van der Waals surface area contributed by atoms with E-state index in [0.29, 0.717) is 6.54 Å². The minimum atomic E-state index is -0.00536. The molecule has 0 saturated heterocycles. The lowest BCUT2D eigenvalue weighted by Gasteiger charge is -2.35. The number of hydrogen-bond acceptors (Lipinski definition) is 3. The van der Waals surface area contributed by atoms with Gasteiger partial charge in [0, 0.05) is 24.6 Å². The summed E-state index contributed by atoms with van der Waals surface area (Å²) in [5.41, 5.74) is 7.49. The van der Waals surface area contributed by atoms with E-state index in [0.717, 1.165) is 23.0 Å². The maximum atomic E-state index is 12.1. The molecule has 1 amide bonds.